The number of fused-ring (bicyclic) bond motifs is 1. The van der Waals surface area contributed by atoms with E-state index in [1.54, 1.807) is 6.20 Å². The van der Waals surface area contributed by atoms with Gasteiger partial charge in [0.05, 0.1) is 0 Å². The van der Waals surface area contributed by atoms with Crippen molar-refractivity contribution in [3.05, 3.63) is 59.4 Å². The van der Waals surface area contributed by atoms with E-state index in [0.717, 1.165) is 36.7 Å². The van der Waals surface area contributed by atoms with Crippen LogP contribution in [-0.4, -0.2) is 19.7 Å². The molecule has 2 aromatic heterocycles. The van der Waals surface area contributed by atoms with Gasteiger partial charge in [-0.1, -0.05) is 30.3 Å². The molecule has 0 unspecified atom stereocenters. The lowest BCUT2D eigenvalue weighted by Gasteiger charge is -2.20. The summed E-state index contributed by atoms with van der Waals surface area (Å²) in [6, 6.07) is 12.4. The van der Waals surface area contributed by atoms with E-state index in [1.165, 1.54) is 29.7 Å². The maximum Gasteiger partial charge on any atom is 0.180 e. The van der Waals surface area contributed by atoms with E-state index in [4.69, 9.17) is 9.97 Å². The van der Waals surface area contributed by atoms with Gasteiger partial charge in [-0.3, -0.25) is 4.68 Å². The number of anilines is 1. The summed E-state index contributed by atoms with van der Waals surface area (Å²) in [6.07, 6.45) is 6.28. The first-order valence-electron chi connectivity index (χ1n) is 8.47. The van der Waals surface area contributed by atoms with Crippen LogP contribution in [0.3, 0.4) is 0 Å². The number of hydrogen-bond donors (Lipinski definition) is 1. The third-order valence-corrected chi connectivity index (χ3v) is 4.54. The highest BCUT2D eigenvalue weighted by Gasteiger charge is 2.19. The Morgan fingerprint density at radius 3 is 2.67 bits per heavy atom. The smallest absolute Gasteiger partial charge is 0.180 e. The van der Waals surface area contributed by atoms with Crippen LogP contribution in [0.4, 0.5) is 5.82 Å². The summed E-state index contributed by atoms with van der Waals surface area (Å²) in [5, 5.41) is 7.77. The first kappa shape index (κ1) is 14.9. The van der Waals surface area contributed by atoms with Crippen molar-refractivity contribution in [3.63, 3.8) is 0 Å². The van der Waals surface area contributed by atoms with Crippen LogP contribution >= 0.6 is 0 Å². The highest BCUT2D eigenvalue weighted by atomic mass is 15.3. The summed E-state index contributed by atoms with van der Waals surface area (Å²) in [4.78, 5) is 9.64. The van der Waals surface area contributed by atoms with Crippen molar-refractivity contribution < 1.29 is 0 Å². The fourth-order valence-corrected chi connectivity index (χ4v) is 3.23. The molecule has 1 aliphatic carbocycles. The van der Waals surface area contributed by atoms with Gasteiger partial charge in [0.2, 0.25) is 0 Å². The summed E-state index contributed by atoms with van der Waals surface area (Å²) >= 11 is 0. The highest BCUT2D eigenvalue weighted by Crippen LogP contribution is 2.28. The van der Waals surface area contributed by atoms with Crippen LogP contribution in [0.15, 0.2) is 42.6 Å². The van der Waals surface area contributed by atoms with Crippen LogP contribution in [0.25, 0.3) is 11.5 Å². The van der Waals surface area contributed by atoms with Crippen LogP contribution < -0.4 is 5.32 Å². The standard InChI is InChI=1S/C19H21N5/c1-24-17(11-12-21-24)19-22-16-10-6-5-9-15(16)18(23-19)20-13-14-7-3-2-4-8-14/h2-4,7-8,11-12H,5-6,9-10,13H2,1H3,(H,20,22,23). The van der Waals surface area contributed by atoms with Crippen molar-refractivity contribution in [2.75, 3.05) is 5.32 Å². The van der Waals surface area contributed by atoms with Gasteiger partial charge in [0.25, 0.3) is 0 Å². The van der Waals surface area contributed by atoms with E-state index in [2.05, 4.69) is 34.7 Å². The van der Waals surface area contributed by atoms with E-state index in [0.29, 0.717) is 0 Å². The predicted octanol–water partition coefficient (Wildman–Crippen LogP) is 3.37. The molecule has 1 N–H and O–H groups in total. The van der Waals surface area contributed by atoms with E-state index in [-0.39, 0.29) is 0 Å². The van der Waals surface area contributed by atoms with Crippen molar-refractivity contribution >= 4 is 5.82 Å². The van der Waals surface area contributed by atoms with Gasteiger partial charge in [-0.25, -0.2) is 9.97 Å². The molecule has 5 heteroatoms. The average molecular weight is 319 g/mol. The zero-order valence-electron chi connectivity index (χ0n) is 13.9. The molecule has 2 heterocycles. The monoisotopic (exact) mass is 319 g/mol. The van der Waals surface area contributed by atoms with E-state index >= 15 is 0 Å². The molecule has 0 fully saturated rings. The predicted molar refractivity (Wildman–Crippen MR) is 94.6 cm³/mol. The second kappa shape index (κ2) is 6.43. The largest absolute Gasteiger partial charge is 0.366 e. The third-order valence-electron chi connectivity index (χ3n) is 4.54. The second-order valence-corrected chi connectivity index (χ2v) is 6.21. The molecular weight excluding hydrogens is 298 g/mol. The Kier molecular flexibility index (Phi) is 3.99. The molecule has 1 aliphatic rings. The summed E-state index contributed by atoms with van der Waals surface area (Å²) in [5.74, 6) is 1.73. The molecule has 0 radical (unpaired) electrons. The van der Waals surface area contributed by atoms with Gasteiger partial charge in [0.1, 0.15) is 11.5 Å². The number of hydrogen-bond acceptors (Lipinski definition) is 4. The topological polar surface area (TPSA) is 55.6 Å². The van der Waals surface area contributed by atoms with Crippen molar-refractivity contribution in [1.29, 1.82) is 0 Å². The zero-order chi connectivity index (χ0) is 16.4. The van der Waals surface area contributed by atoms with Crippen LogP contribution in [0, 0.1) is 0 Å². The number of benzene rings is 1. The van der Waals surface area contributed by atoms with Gasteiger partial charge in [-0.05, 0) is 37.3 Å². The summed E-state index contributed by atoms with van der Waals surface area (Å²) in [6.45, 7) is 0.773. The van der Waals surface area contributed by atoms with Crippen LogP contribution in [-0.2, 0) is 26.4 Å². The number of nitrogens with zero attached hydrogens (tertiary/aromatic N) is 4. The van der Waals surface area contributed by atoms with Crippen LogP contribution in [0.2, 0.25) is 0 Å². The third kappa shape index (κ3) is 2.89. The van der Waals surface area contributed by atoms with Gasteiger partial charge >= 0.3 is 0 Å². The van der Waals surface area contributed by atoms with Gasteiger partial charge in [0, 0.05) is 31.0 Å². The maximum atomic E-state index is 4.82. The second-order valence-electron chi connectivity index (χ2n) is 6.21. The van der Waals surface area contributed by atoms with Gasteiger partial charge in [-0.2, -0.15) is 5.10 Å². The molecule has 5 nitrogen and oxygen atoms in total. The Morgan fingerprint density at radius 1 is 1.04 bits per heavy atom. The lowest BCUT2D eigenvalue weighted by Crippen LogP contribution is -2.14. The van der Waals surface area contributed by atoms with Crippen LogP contribution in [0.5, 0.6) is 0 Å². The molecule has 0 saturated heterocycles. The van der Waals surface area contributed by atoms with Crippen molar-refractivity contribution in [1.82, 2.24) is 19.7 Å². The number of rotatable bonds is 4. The normalized spacial score (nSPS) is 13.5. The van der Waals surface area contributed by atoms with Gasteiger partial charge < -0.3 is 5.32 Å². The van der Waals surface area contributed by atoms with Crippen molar-refractivity contribution in [3.8, 4) is 11.5 Å². The first-order chi connectivity index (χ1) is 11.8. The molecule has 122 valence electrons. The highest BCUT2D eigenvalue weighted by molar-refractivity contribution is 5.57. The fourth-order valence-electron chi connectivity index (χ4n) is 3.23. The Bertz CT molecular complexity index is 838. The molecular formula is C19H21N5. The average Bonchev–Trinajstić information content (AvgIpc) is 3.06. The summed E-state index contributed by atoms with van der Waals surface area (Å²) in [7, 11) is 1.93. The Labute approximate surface area is 141 Å². The number of nitrogens with one attached hydrogen (secondary N) is 1. The molecule has 0 atom stereocenters. The molecule has 1 aromatic carbocycles. The molecule has 0 saturated carbocycles. The minimum absolute atomic E-state index is 0.756. The van der Waals surface area contributed by atoms with Crippen molar-refractivity contribution in [2.45, 2.75) is 32.2 Å². The number of aryl methyl sites for hydroxylation is 2. The fraction of sp³-hybridized carbons (Fsp3) is 0.316. The Balaban J connectivity index is 1.70. The van der Waals surface area contributed by atoms with E-state index < -0.39 is 0 Å². The molecule has 4 rings (SSSR count). The van der Waals surface area contributed by atoms with Gasteiger partial charge in [-0.15, -0.1) is 0 Å². The minimum Gasteiger partial charge on any atom is -0.366 e. The molecule has 24 heavy (non-hydrogen) atoms. The molecule has 0 bridgehead atoms. The Hall–Kier alpha value is -2.69. The lowest BCUT2D eigenvalue weighted by molar-refractivity contribution is 0.663. The minimum atomic E-state index is 0.756. The summed E-state index contributed by atoms with van der Waals surface area (Å²) < 4.78 is 1.82. The van der Waals surface area contributed by atoms with E-state index in [1.807, 2.05) is 23.9 Å². The zero-order valence-corrected chi connectivity index (χ0v) is 13.9. The van der Waals surface area contributed by atoms with Gasteiger partial charge in [0.15, 0.2) is 5.82 Å². The van der Waals surface area contributed by atoms with Crippen LogP contribution in [0.1, 0.15) is 29.7 Å². The van der Waals surface area contributed by atoms with Crippen molar-refractivity contribution in [2.24, 2.45) is 7.05 Å². The SMILES string of the molecule is Cn1nccc1-c1nc2c(c(NCc3ccccc3)n1)CCCC2. The maximum absolute atomic E-state index is 4.82. The molecule has 0 spiro atoms. The number of aromatic nitrogens is 4. The Morgan fingerprint density at radius 2 is 1.88 bits per heavy atom. The van der Waals surface area contributed by atoms with E-state index in [9.17, 15) is 0 Å². The summed E-state index contributed by atoms with van der Waals surface area (Å²) in [5.41, 5.74) is 4.67. The quantitative estimate of drug-likeness (QED) is 0.801. The lowest BCUT2D eigenvalue weighted by atomic mass is 9.96. The molecule has 0 aliphatic heterocycles. The molecule has 0 amide bonds. The molecule has 3 aromatic rings. The first-order valence-corrected chi connectivity index (χ1v) is 8.47.